The Kier molecular flexibility index (Phi) is 7.26. The molecule has 0 radical (unpaired) electrons. The Balaban J connectivity index is 1.44. The van der Waals surface area contributed by atoms with Gasteiger partial charge in [0.2, 0.25) is 0 Å². The first-order valence-electron chi connectivity index (χ1n) is 12.2. The molecule has 1 aliphatic carbocycles. The molecule has 2 aromatic heterocycles. The maximum absolute atomic E-state index is 13.5. The summed E-state index contributed by atoms with van der Waals surface area (Å²) in [6.45, 7) is 0.799. The van der Waals surface area contributed by atoms with E-state index in [0.717, 1.165) is 34.7 Å². The van der Waals surface area contributed by atoms with Crippen LogP contribution in [0.15, 0.2) is 79.1 Å². The van der Waals surface area contributed by atoms with Crippen LogP contribution in [-0.4, -0.2) is 27.3 Å². The summed E-state index contributed by atoms with van der Waals surface area (Å²) in [6, 6.07) is 18.1. The topological polar surface area (TPSA) is 95.1 Å². The number of carbonyl (C=O) groups is 1. The zero-order valence-corrected chi connectivity index (χ0v) is 20.4. The molecule has 1 fully saturated rings. The second kappa shape index (κ2) is 10.8. The zero-order chi connectivity index (χ0) is 26.7. The fraction of sp³-hybridized carbons (Fsp3) is 0.250. The van der Waals surface area contributed by atoms with E-state index in [4.69, 9.17) is 10.5 Å². The highest BCUT2D eigenvalue weighted by atomic mass is 19.4. The van der Waals surface area contributed by atoms with E-state index in [1.54, 1.807) is 54.9 Å². The largest absolute Gasteiger partial charge is 0.435 e. The predicted molar refractivity (Wildman–Crippen MR) is 136 cm³/mol. The van der Waals surface area contributed by atoms with Crippen molar-refractivity contribution in [2.24, 2.45) is 11.7 Å². The maximum Gasteiger partial charge on any atom is 0.435 e. The number of rotatable bonds is 9. The summed E-state index contributed by atoms with van der Waals surface area (Å²) < 4.78 is 47.8. The first-order valence-corrected chi connectivity index (χ1v) is 12.2. The van der Waals surface area contributed by atoms with Crippen molar-refractivity contribution < 1.29 is 22.7 Å². The third-order valence-corrected chi connectivity index (χ3v) is 6.25. The van der Waals surface area contributed by atoms with Crippen molar-refractivity contribution in [3.63, 3.8) is 0 Å². The fourth-order valence-electron chi connectivity index (χ4n) is 4.10. The van der Waals surface area contributed by atoms with Crippen LogP contribution in [0.2, 0.25) is 0 Å². The summed E-state index contributed by atoms with van der Waals surface area (Å²) in [5.74, 6) is -0.196. The molecule has 4 aromatic rings. The summed E-state index contributed by atoms with van der Waals surface area (Å²) in [4.78, 5) is 17.5. The first-order chi connectivity index (χ1) is 18.3. The van der Waals surface area contributed by atoms with Gasteiger partial charge in [0.25, 0.3) is 5.91 Å². The number of halogens is 3. The molecule has 2 aromatic carbocycles. The quantitative estimate of drug-likeness (QED) is 0.303. The van der Waals surface area contributed by atoms with E-state index in [-0.39, 0.29) is 12.2 Å². The Morgan fingerprint density at radius 1 is 1.08 bits per heavy atom. The molecule has 1 atom stereocenters. The van der Waals surface area contributed by atoms with Gasteiger partial charge in [-0.15, -0.1) is 0 Å². The zero-order valence-electron chi connectivity index (χ0n) is 20.4. The molecule has 1 amide bonds. The number of hydrogen-bond donors (Lipinski definition) is 2. The van der Waals surface area contributed by atoms with Crippen LogP contribution in [0.4, 0.5) is 18.9 Å². The standard InChI is InChI=1S/C28H26F3N5O2/c29-28(30,31)25-14-24(36(35-25)23-8-1-4-19(12-23)15-32)27(37)34-22-7-2-5-20(13-22)26(38-17-18-9-10-18)21-6-3-11-33-16-21/h1-8,11-14,16,18,26H,9-10,15,17,32H2,(H,34,37)/t26-/m1/s1. The van der Waals surface area contributed by atoms with Gasteiger partial charge in [0.15, 0.2) is 5.69 Å². The maximum atomic E-state index is 13.5. The number of nitrogens with one attached hydrogen (secondary N) is 1. The summed E-state index contributed by atoms with van der Waals surface area (Å²) in [5, 5.41) is 6.41. The van der Waals surface area contributed by atoms with Crippen molar-refractivity contribution in [1.29, 1.82) is 0 Å². The number of nitrogens with zero attached hydrogens (tertiary/aromatic N) is 3. The molecule has 0 spiro atoms. The Morgan fingerprint density at radius 2 is 1.87 bits per heavy atom. The molecule has 0 aliphatic heterocycles. The van der Waals surface area contributed by atoms with Crippen LogP contribution in [0.25, 0.3) is 5.69 Å². The van der Waals surface area contributed by atoms with Gasteiger partial charge in [0.05, 0.1) is 12.3 Å². The molecular formula is C28H26F3N5O2. The molecule has 5 rings (SSSR count). The smallest absolute Gasteiger partial charge is 0.368 e. The lowest BCUT2D eigenvalue weighted by molar-refractivity contribution is -0.141. The lowest BCUT2D eigenvalue weighted by Crippen LogP contribution is -2.17. The van der Waals surface area contributed by atoms with Crippen molar-refractivity contribution in [3.05, 3.63) is 107 Å². The van der Waals surface area contributed by atoms with Gasteiger partial charge in [-0.2, -0.15) is 18.3 Å². The van der Waals surface area contributed by atoms with Crippen LogP contribution >= 0.6 is 0 Å². The van der Waals surface area contributed by atoms with Gasteiger partial charge in [0.1, 0.15) is 11.8 Å². The van der Waals surface area contributed by atoms with E-state index in [9.17, 15) is 18.0 Å². The fourth-order valence-corrected chi connectivity index (χ4v) is 4.10. The SMILES string of the molecule is NCc1cccc(-n2nc(C(F)(F)F)cc2C(=O)Nc2cccc([C@@H](OCC3CC3)c3cccnc3)c2)c1. The molecule has 196 valence electrons. The van der Waals surface area contributed by atoms with Crippen molar-refractivity contribution >= 4 is 11.6 Å². The first kappa shape index (κ1) is 25.6. The number of benzene rings is 2. The van der Waals surface area contributed by atoms with Crippen LogP contribution in [0.1, 0.15) is 51.8 Å². The van der Waals surface area contributed by atoms with Gasteiger partial charge in [-0.05, 0) is 60.2 Å². The van der Waals surface area contributed by atoms with Crippen molar-refractivity contribution in [2.45, 2.75) is 31.7 Å². The molecule has 0 saturated heterocycles. The normalized spacial score (nSPS) is 14.3. The molecular weight excluding hydrogens is 495 g/mol. The van der Waals surface area contributed by atoms with Gasteiger partial charge in [0, 0.05) is 36.3 Å². The van der Waals surface area contributed by atoms with E-state index in [0.29, 0.717) is 29.5 Å². The van der Waals surface area contributed by atoms with Gasteiger partial charge in [-0.25, -0.2) is 4.68 Å². The third kappa shape index (κ3) is 5.92. The molecule has 1 saturated carbocycles. The number of anilines is 1. The van der Waals surface area contributed by atoms with Gasteiger partial charge >= 0.3 is 6.18 Å². The van der Waals surface area contributed by atoms with E-state index in [2.05, 4.69) is 15.4 Å². The number of aromatic nitrogens is 3. The second-order valence-corrected chi connectivity index (χ2v) is 9.22. The molecule has 0 bridgehead atoms. The molecule has 3 N–H and O–H groups in total. The Labute approximate surface area is 217 Å². The Bertz CT molecular complexity index is 1420. The molecule has 1 aliphatic rings. The third-order valence-electron chi connectivity index (χ3n) is 6.25. The minimum absolute atomic E-state index is 0.191. The predicted octanol–water partition coefficient (Wildman–Crippen LogP) is 5.51. The number of ether oxygens (including phenoxy) is 1. The minimum atomic E-state index is -4.72. The Hall–Kier alpha value is -4.02. The van der Waals surface area contributed by atoms with E-state index in [1.165, 1.54) is 0 Å². The van der Waals surface area contributed by atoms with Crippen molar-refractivity contribution in [1.82, 2.24) is 14.8 Å². The molecule has 7 nitrogen and oxygen atoms in total. The van der Waals surface area contributed by atoms with Crippen LogP contribution < -0.4 is 11.1 Å². The number of pyridine rings is 1. The van der Waals surface area contributed by atoms with Crippen LogP contribution in [0, 0.1) is 5.92 Å². The lowest BCUT2D eigenvalue weighted by Gasteiger charge is -2.19. The highest BCUT2D eigenvalue weighted by Crippen LogP contribution is 2.34. The summed E-state index contributed by atoms with van der Waals surface area (Å²) in [6.07, 6.45) is 0.564. The van der Waals surface area contributed by atoms with Gasteiger partial charge < -0.3 is 15.8 Å². The highest BCUT2D eigenvalue weighted by Gasteiger charge is 2.36. The molecule has 38 heavy (non-hydrogen) atoms. The van der Waals surface area contributed by atoms with Crippen molar-refractivity contribution in [3.8, 4) is 5.69 Å². The van der Waals surface area contributed by atoms with E-state index >= 15 is 0 Å². The average molecular weight is 522 g/mol. The molecule has 10 heteroatoms. The van der Waals surface area contributed by atoms with Crippen LogP contribution in [0.3, 0.4) is 0 Å². The van der Waals surface area contributed by atoms with E-state index in [1.807, 2.05) is 18.2 Å². The van der Waals surface area contributed by atoms with E-state index < -0.39 is 23.9 Å². The number of nitrogens with two attached hydrogens (primary N) is 1. The van der Waals surface area contributed by atoms with Crippen LogP contribution in [-0.2, 0) is 17.5 Å². The summed E-state index contributed by atoms with van der Waals surface area (Å²) >= 11 is 0. The highest BCUT2D eigenvalue weighted by molar-refractivity contribution is 6.03. The minimum Gasteiger partial charge on any atom is -0.368 e. The molecule has 0 unspecified atom stereocenters. The van der Waals surface area contributed by atoms with Gasteiger partial charge in [-0.1, -0.05) is 30.3 Å². The summed E-state index contributed by atoms with van der Waals surface area (Å²) in [5.41, 5.74) is 7.32. The number of hydrogen-bond acceptors (Lipinski definition) is 5. The van der Waals surface area contributed by atoms with Crippen LogP contribution in [0.5, 0.6) is 0 Å². The number of amides is 1. The van der Waals surface area contributed by atoms with Gasteiger partial charge in [-0.3, -0.25) is 9.78 Å². The second-order valence-electron chi connectivity index (χ2n) is 9.22. The summed E-state index contributed by atoms with van der Waals surface area (Å²) in [7, 11) is 0. The Morgan fingerprint density at radius 3 is 2.58 bits per heavy atom. The number of carbonyl (C=O) groups excluding carboxylic acids is 1. The average Bonchev–Trinajstić information content (AvgIpc) is 3.63. The monoisotopic (exact) mass is 521 g/mol. The number of alkyl halides is 3. The van der Waals surface area contributed by atoms with Crippen molar-refractivity contribution in [2.75, 3.05) is 11.9 Å². The molecule has 2 heterocycles. The lowest BCUT2D eigenvalue weighted by atomic mass is 10.0.